The first-order chi connectivity index (χ1) is 10.9. The number of nitrogens with one attached hydrogen (secondary N) is 1. The van der Waals surface area contributed by atoms with Gasteiger partial charge in [0.05, 0.1) is 4.75 Å². The van der Waals surface area contributed by atoms with Crippen molar-refractivity contribution in [3.8, 4) is 0 Å². The molecule has 1 aromatic rings. The Labute approximate surface area is 141 Å². The number of carbonyl (C=O) groups is 2. The quantitative estimate of drug-likeness (QED) is 0.845. The number of nitrogens with zero attached hydrogens (tertiary/aromatic N) is 1. The van der Waals surface area contributed by atoms with Crippen molar-refractivity contribution in [2.45, 2.75) is 49.3 Å². The van der Waals surface area contributed by atoms with E-state index in [1.165, 1.54) is 5.56 Å². The van der Waals surface area contributed by atoms with Crippen molar-refractivity contribution >= 4 is 23.6 Å². The molecule has 0 bridgehead atoms. The van der Waals surface area contributed by atoms with Gasteiger partial charge in [0.2, 0.25) is 5.91 Å². The largest absolute Gasteiger partial charge is 0.342 e. The fraction of sp³-hybridized carbons (Fsp3) is 0.444. The average molecular weight is 330 g/mol. The van der Waals surface area contributed by atoms with Crippen LogP contribution in [0.2, 0.25) is 0 Å². The molecule has 2 atom stereocenters. The van der Waals surface area contributed by atoms with Crippen molar-refractivity contribution in [1.29, 1.82) is 0 Å². The molecule has 1 aromatic carbocycles. The molecule has 2 heterocycles. The number of benzene rings is 1. The van der Waals surface area contributed by atoms with Crippen LogP contribution in [0.1, 0.15) is 32.3 Å². The average Bonchev–Trinajstić information content (AvgIpc) is 2.73. The molecule has 2 fully saturated rings. The number of rotatable bonds is 5. The lowest BCUT2D eigenvalue weighted by Crippen LogP contribution is -2.66. The van der Waals surface area contributed by atoms with E-state index < -0.39 is 6.04 Å². The molecule has 3 rings (SSSR count). The lowest BCUT2D eigenvalue weighted by Gasteiger charge is -2.41. The lowest BCUT2D eigenvalue weighted by molar-refractivity contribution is -0.145. The van der Waals surface area contributed by atoms with Gasteiger partial charge < -0.3 is 5.32 Å². The van der Waals surface area contributed by atoms with Crippen molar-refractivity contribution < 1.29 is 9.59 Å². The summed E-state index contributed by atoms with van der Waals surface area (Å²) in [6.45, 7) is 8.13. The first-order valence-electron chi connectivity index (χ1n) is 7.94. The van der Waals surface area contributed by atoms with Crippen LogP contribution < -0.4 is 5.32 Å². The highest BCUT2D eigenvalue weighted by Gasteiger charge is 2.58. The van der Waals surface area contributed by atoms with Gasteiger partial charge in [0, 0.05) is 12.1 Å². The summed E-state index contributed by atoms with van der Waals surface area (Å²) in [5.74, 6) is -0.0793. The number of aryl methyl sites for hydroxylation is 1. The normalized spacial score (nSPS) is 25.0. The zero-order valence-corrected chi connectivity index (χ0v) is 14.4. The van der Waals surface area contributed by atoms with Crippen LogP contribution in [0.4, 0.5) is 0 Å². The molecular formula is C18H22N2O2S. The zero-order valence-electron chi connectivity index (χ0n) is 13.5. The number of hydrogen-bond acceptors (Lipinski definition) is 3. The van der Waals surface area contributed by atoms with Gasteiger partial charge in [-0.25, -0.2) is 0 Å². The standard InChI is InChI=1S/C18H22N2O2S/c1-12-18(2,3)23-17-15(16(22)20(12)17)19-14(21)11-7-10-13-8-5-4-6-9-13/h4-6,8-9,15,17H,1,7,10-11H2,2-3H3,(H,19,21)/t15-,17-/m1/s1. The Balaban J connectivity index is 1.48. The minimum atomic E-state index is -0.400. The Bertz CT molecular complexity index is 642. The molecule has 5 heteroatoms. The summed E-state index contributed by atoms with van der Waals surface area (Å²) in [5, 5.41) is 2.89. The van der Waals surface area contributed by atoms with Crippen LogP contribution in [0.3, 0.4) is 0 Å². The van der Waals surface area contributed by atoms with E-state index in [4.69, 9.17) is 0 Å². The number of fused-ring (bicyclic) bond motifs is 1. The molecule has 0 saturated carbocycles. The molecule has 23 heavy (non-hydrogen) atoms. The van der Waals surface area contributed by atoms with Crippen LogP contribution in [0, 0.1) is 0 Å². The molecule has 4 nitrogen and oxygen atoms in total. The van der Waals surface area contributed by atoms with Crippen molar-refractivity contribution in [1.82, 2.24) is 10.2 Å². The van der Waals surface area contributed by atoms with Gasteiger partial charge in [-0.15, -0.1) is 11.8 Å². The van der Waals surface area contributed by atoms with Crippen LogP contribution in [0.25, 0.3) is 0 Å². The minimum absolute atomic E-state index is 0.00285. The van der Waals surface area contributed by atoms with Gasteiger partial charge in [0.15, 0.2) is 0 Å². The molecule has 0 radical (unpaired) electrons. The Hall–Kier alpha value is -1.75. The SMILES string of the molecule is C=C1N2C(=O)[C@@H](NC(=O)CCCc3ccccc3)[C@H]2SC1(C)C. The second-order valence-electron chi connectivity index (χ2n) is 6.56. The monoisotopic (exact) mass is 330 g/mol. The van der Waals surface area contributed by atoms with Gasteiger partial charge in [0.1, 0.15) is 11.4 Å². The fourth-order valence-electron chi connectivity index (χ4n) is 3.01. The zero-order chi connectivity index (χ0) is 16.6. The highest BCUT2D eigenvalue weighted by molar-refractivity contribution is 8.01. The number of thioether (sulfide) groups is 1. The van der Waals surface area contributed by atoms with E-state index in [-0.39, 0.29) is 21.9 Å². The van der Waals surface area contributed by atoms with Crippen molar-refractivity contribution in [2.75, 3.05) is 0 Å². The van der Waals surface area contributed by atoms with E-state index in [0.29, 0.717) is 6.42 Å². The number of amides is 2. The lowest BCUT2D eigenvalue weighted by atomic mass is 10.0. The van der Waals surface area contributed by atoms with Crippen LogP contribution in [0.15, 0.2) is 42.6 Å². The number of β-lactam (4-membered cyclic amide) rings is 1. The van der Waals surface area contributed by atoms with E-state index >= 15 is 0 Å². The molecule has 1 N–H and O–H groups in total. The third-order valence-electron chi connectivity index (χ3n) is 4.47. The van der Waals surface area contributed by atoms with E-state index in [0.717, 1.165) is 18.5 Å². The molecule has 2 saturated heterocycles. The summed E-state index contributed by atoms with van der Waals surface area (Å²) in [6, 6.07) is 9.72. The third kappa shape index (κ3) is 3.02. The Morgan fingerprint density at radius 1 is 1.35 bits per heavy atom. The molecular weight excluding hydrogens is 308 g/mol. The third-order valence-corrected chi connectivity index (χ3v) is 6.02. The molecule has 0 unspecified atom stereocenters. The smallest absolute Gasteiger partial charge is 0.253 e. The van der Waals surface area contributed by atoms with Gasteiger partial charge in [-0.3, -0.25) is 14.5 Å². The van der Waals surface area contributed by atoms with E-state index in [2.05, 4.69) is 37.9 Å². The molecule has 2 aliphatic rings. The van der Waals surface area contributed by atoms with Crippen molar-refractivity contribution in [3.05, 3.63) is 48.2 Å². The molecule has 122 valence electrons. The van der Waals surface area contributed by atoms with Crippen LogP contribution >= 0.6 is 11.8 Å². The van der Waals surface area contributed by atoms with E-state index in [1.807, 2.05) is 18.2 Å². The van der Waals surface area contributed by atoms with Gasteiger partial charge in [-0.1, -0.05) is 36.9 Å². The van der Waals surface area contributed by atoms with Crippen LogP contribution in [-0.2, 0) is 16.0 Å². The van der Waals surface area contributed by atoms with Crippen molar-refractivity contribution in [3.63, 3.8) is 0 Å². The van der Waals surface area contributed by atoms with Crippen molar-refractivity contribution in [2.24, 2.45) is 0 Å². The summed E-state index contributed by atoms with van der Waals surface area (Å²) >= 11 is 1.69. The van der Waals surface area contributed by atoms with Crippen LogP contribution in [-0.4, -0.2) is 32.9 Å². The van der Waals surface area contributed by atoms with Gasteiger partial charge in [-0.05, 0) is 32.3 Å². The summed E-state index contributed by atoms with van der Waals surface area (Å²) in [4.78, 5) is 26.0. The van der Waals surface area contributed by atoms with E-state index in [1.54, 1.807) is 16.7 Å². The molecule has 0 spiro atoms. The molecule has 2 aliphatic heterocycles. The Morgan fingerprint density at radius 2 is 2.04 bits per heavy atom. The molecule has 2 amide bonds. The predicted octanol–water partition coefficient (Wildman–Crippen LogP) is 2.70. The topological polar surface area (TPSA) is 49.4 Å². The Kier molecular flexibility index (Phi) is 4.23. The number of hydrogen-bond donors (Lipinski definition) is 1. The summed E-state index contributed by atoms with van der Waals surface area (Å²) in [7, 11) is 0. The summed E-state index contributed by atoms with van der Waals surface area (Å²) in [6.07, 6.45) is 2.11. The molecule has 0 aliphatic carbocycles. The van der Waals surface area contributed by atoms with Crippen LogP contribution in [0.5, 0.6) is 0 Å². The highest BCUT2D eigenvalue weighted by atomic mass is 32.2. The van der Waals surface area contributed by atoms with Gasteiger partial charge in [0.25, 0.3) is 5.91 Å². The number of carbonyl (C=O) groups excluding carboxylic acids is 2. The first-order valence-corrected chi connectivity index (χ1v) is 8.82. The maximum absolute atomic E-state index is 12.2. The fourth-order valence-corrected chi connectivity index (χ4v) is 4.50. The highest BCUT2D eigenvalue weighted by Crippen LogP contribution is 2.52. The predicted molar refractivity (Wildman–Crippen MR) is 92.8 cm³/mol. The maximum Gasteiger partial charge on any atom is 0.253 e. The summed E-state index contributed by atoms with van der Waals surface area (Å²) in [5.41, 5.74) is 2.07. The minimum Gasteiger partial charge on any atom is -0.342 e. The van der Waals surface area contributed by atoms with E-state index in [9.17, 15) is 9.59 Å². The first kappa shape index (κ1) is 16.1. The summed E-state index contributed by atoms with van der Waals surface area (Å²) < 4.78 is -0.146. The second-order valence-corrected chi connectivity index (χ2v) is 8.30. The Morgan fingerprint density at radius 3 is 2.74 bits per heavy atom. The van der Waals surface area contributed by atoms with Gasteiger partial charge in [-0.2, -0.15) is 0 Å². The maximum atomic E-state index is 12.2. The second kappa shape index (κ2) is 6.04. The molecule has 0 aromatic heterocycles. The van der Waals surface area contributed by atoms with Gasteiger partial charge >= 0.3 is 0 Å².